The van der Waals surface area contributed by atoms with Gasteiger partial charge in [-0.1, -0.05) is 0 Å². The Morgan fingerprint density at radius 2 is 2.10 bits per heavy atom. The second-order valence-corrected chi connectivity index (χ2v) is 6.48. The summed E-state index contributed by atoms with van der Waals surface area (Å²) in [4.78, 5) is 11.3. The Hall–Kier alpha value is -1.38. The first-order valence-corrected chi connectivity index (χ1v) is 7.77. The van der Waals surface area contributed by atoms with Crippen molar-refractivity contribution in [1.29, 1.82) is 0 Å². The first-order chi connectivity index (χ1) is 9.48. The highest BCUT2D eigenvalue weighted by Crippen LogP contribution is 2.22. The van der Waals surface area contributed by atoms with Crippen LogP contribution in [0.25, 0.3) is 0 Å². The molecule has 7 nitrogen and oxygen atoms in total. The quantitative estimate of drug-likeness (QED) is 0.812. The van der Waals surface area contributed by atoms with E-state index in [4.69, 9.17) is 4.42 Å². The fraction of sp³-hybridized carbons (Fsp3) is 0.583. The van der Waals surface area contributed by atoms with E-state index in [0.717, 1.165) is 19.1 Å². The number of rotatable bonds is 4. The molecule has 0 unspecified atom stereocenters. The van der Waals surface area contributed by atoms with Crippen molar-refractivity contribution in [3.63, 3.8) is 0 Å². The van der Waals surface area contributed by atoms with Crippen LogP contribution in [0.3, 0.4) is 0 Å². The number of esters is 1. The summed E-state index contributed by atoms with van der Waals surface area (Å²) in [6.07, 6.45) is 2.60. The molecule has 112 valence electrons. The topological polar surface area (TPSA) is 88.9 Å². The Bertz CT molecular complexity index is 572. The minimum Gasteiger partial charge on any atom is -0.465 e. The number of carbonyl (C=O) groups is 1. The van der Waals surface area contributed by atoms with Crippen LogP contribution in [0.4, 0.5) is 0 Å². The van der Waals surface area contributed by atoms with Gasteiger partial charge in [-0.3, -0.25) is 0 Å². The Labute approximate surface area is 117 Å². The van der Waals surface area contributed by atoms with Crippen LogP contribution < -0.4 is 5.32 Å². The molecule has 8 heteroatoms. The van der Waals surface area contributed by atoms with E-state index < -0.39 is 16.0 Å². The summed E-state index contributed by atoms with van der Waals surface area (Å²) in [7, 11) is -0.590. The second-order valence-electron chi connectivity index (χ2n) is 4.61. The summed E-state index contributed by atoms with van der Waals surface area (Å²) in [5.41, 5.74) is 0.0937. The molecular formula is C12H18N2O5S. The van der Waals surface area contributed by atoms with Gasteiger partial charge in [-0.15, -0.1) is 0 Å². The van der Waals surface area contributed by atoms with Gasteiger partial charge in [-0.25, -0.2) is 13.2 Å². The Balaban J connectivity index is 2.14. The third-order valence-electron chi connectivity index (χ3n) is 3.45. The molecule has 1 aliphatic rings. The van der Waals surface area contributed by atoms with Crippen molar-refractivity contribution in [2.24, 2.45) is 0 Å². The average Bonchev–Trinajstić information content (AvgIpc) is 2.97. The molecule has 0 radical (unpaired) electrons. The van der Waals surface area contributed by atoms with Gasteiger partial charge in [0.2, 0.25) is 5.09 Å². The molecule has 0 spiro atoms. The van der Waals surface area contributed by atoms with Gasteiger partial charge in [-0.05, 0) is 19.9 Å². The Morgan fingerprint density at radius 1 is 1.45 bits per heavy atom. The monoisotopic (exact) mass is 302 g/mol. The number of sulfonamides is 1. The molecule has 2 rings (SSSR count). The van der Waals surface area contributed by atoms with Gasteiger partial charge in [0.25, 0.3) is 10.0 Å². The lowest BCUT2D eigenvalue weighted by atomic mass is 10.1. The van der Waals surface area contributed by atoms with Crippen molar-refractivity contribution < 1.29 is 22.4 Å². The predicted molar refractivity (Wildman–Crippen MR) is 70.9 cm³/mol. The van der Waals surface area contributed by atoms with Crippen molar-refractivity contribution in [3.8, 4) is 0 Å². The van der Waals surface area contributed by atoms with Gasteiger partial charge < -0.3 is 14.5 Å². The molecular weight excluding hydrogens is 284 g/mol. The van der Waals surface area contributed by atoms with E-state index in [-0.39, 0.29) is 10.7 Å². The summed E-state index contributed by atoms with van der Waals surface area (Å²) in [6.45, 7) is 0.865. The third kappa shape index (κ3) is 2.87. The normalized spacial score (nSPS) is 18.1. The number of hydrogen-bond donors (Lipinski definition) is 1. The van der Waals surface area contributed by atoms with Crippen LogP contribution in [0.1, 0.15) is 23.2 Å². The van der Waals surface area contributed by atoms with Gasteiger partial charge >= 0.3 is 5.97 Å². The van der Waals surface area contributed by atoms with E-state index in [1.807, 2.05) is 7.05 Å². The van der Waals surface area contributed by atoms with Crippen molar-refractivity contribution in [2.75, 3.05) is 27.2 Å². The summed E-state index contributed by atoms with van der Waals surface area (Å²) < 4.78 is 35.6. The molecule has 0 saturated carbocycles. The first-order valence-electron chi connectivity index (χ1n) is 6.33. The van der Waals surface area contributed by atoms with Gasteiger partial charge in [0.05, 0.1) is 12.7 Å². The second kappa shape index (κ2) is 5.94. The molecule has 1 aromatic rings. The van der Waals surface area contributed by atoms with Gasteiger partial charge in [0.1, 0.15) is 6.26 Å². The molecule has 1 N–H and O–H groups in total. The molecule has 1 aromatic heterocycles. The van der Waals surface area contributed by atoms with Crippen molar-refractivity contribution in [3.05, 3.63) is 17.9 Å². The Morgan fingerprint density at radius 3 is 2.65 bits per heavy atom. The first kappa shape index (κ1) is 15.0. The fourth-order valence-electron chi connectivity index (χ4n) is 2.19. The number of methoxy groups -OCH3 is 1. The fourth-order valence-corrected chi connectivity index (χ4v) is 3.58. The lowest BCUT2D eigenvalue weighted by molar-refractivity contribution is 0.0600. The van der Waals surface area contributed by atoms with E-state index in [0.29, 0.717) is 19.1 Å². The minimum atomic E-state index is -3.68. The van der Waals surface area contributed by atoms with Gasteiger partial charge in [0.15, 0.2) is 0 Å². The molecule has 0 bridgehead atoms. The molecule has 20 heavy (non-hydrogen) atoms. The summed E-state index contributed by atoms with van der Waals surface area (Å²) in [6, 6.07) is 1.54. The average molecular weight is 302 g/mol. The smallest absolute Gasteiger partial charge is 0.341 e. The molecule has 1 saturated heterocycles. The third-order valence-corrected chi connectivity index (χ3v) is 5.22. The predicted octanol–water partition coefficient (Wildman–Crippen LogP) is 0.439. The van der Waals surface area contributed by atoms with E-state index in [9.17, 15) is 13.2 Å². The molecule has 1 fully saturated rings. The maximum atomic E-state index is 12.4. The number of piperidine rings is 1. The Kier molecular flexibility index (Phi) is 4.46. The summed E-state index contributed by atoms with van der Waals surface area (Å²) >= 11 is 0. The standard InChI is InChI=1S/C12H18N2O5S/c1-13-10-3-5-14(6-4-10)20(16,17)11-7-9(8-19-11)12(15)18-2/h7-8,10,13H,3-6H2,1-2H3. The van der Waals surface area contributed by atoms with Gasteiger partial charge in [0, 0.05) is 25.2 Å². The van der Waals surface area contributed by atoms with Crippen molar-refractivity contribution >= 4 is 16.0 Å². The van der Waals surface area contributed by atoms with Crippen LogP contribution in [0, 0.1) is 0 Å². The number of furan rings is 1. The van der Waals surface area contributed by atoms with E-state index in [2.05, 4.69) is 10.1 Å². The van der Waals surface area contributed by atoms with Crippen LogP contribution >= 0.6 is 0 Å². The highest BCUT2D eigenvalue weighted by molar-refractivity contribution is 7.89. The van der Waals surface area contributed by atoms with E-state index >= 15 is 0 Å². The molecule has 1 aliphatic heterocycles. The maximum absolute atomic E-state index is 12.4. The summed E-state index contributed by atoms with van der Waals surface area (Å²) in [5.74, 6) is -0.621. The van der Waals surface area contributed by atoms with Crippen LogP contribution in [-0.4, -0.2) is 52.0 Å². The highest BCUT2D eigenvalue weighted by Gasteiger charge is 2.31. The lowest BCUT2D eigenvalue weighted by Crippen LogP contribution is -2.43. The molecule has 0 amide bonds. The number of nitrogens with zero attached hydrogens (tertiary/aromatic N) is 1. The zero-order chi connectivity index (χ0) is 14.8. The summed E-state index contributed by atoms with van der Waals surface area (Å²) in [5, 5.41) is 2.91. The molecule has 0 aromatic carbocycles. The highest BCUT2D eigenvalue weighted by atomic mass is 32.2. The maximum Gasteiger partial charge on any atom is 0.341 e. The van der Waals surface area contributed by atoms with Crippen LogP contribution in [-0.2, 0) is 14.8 Å². The van der Waals surface area contributed by atoms with Crippen LogP contribution in [0.15, 0.2) is 21.8 Å². The number of nitrogens with one attached hydrogen (secondary N) is 1. The molecule has 0 aliphatic carbocycles. The minimum absolute atomic E-state index is 0.0937. The van der Waals surface area contributed by atoms with Crippen LogP contribution in [0.2, 0.25) is 0 Å². The SMILES string of the molecule is CNC1CCN(S(=O)(=O)c2cc(C(=O)OC)co2)CC1. The van der Waals surface area contributed by atoms with Gasteiger partial charge in [-0.2, -0.15) is 4.31 Å². The number of hydrogen-bond acceptors (Lipinski definition) is 6. The number of ether oxygens (including phenoxy) is 1. The number of carbonyl (C=O) groups excluding carboxylic acids is 1. The van der Waals surface area contributed by atoms with E-state index in [1.54, 1.807) is 0 Å². The van der Waals surface area contributed by atoms with E-state index in [1.165, 1.54) is 17.5 Å². The van der Waals surface area contributed by atoms with Crippen molar-refractivity contribution in [2.45, 2.75) is 24.0 Å². The van der Waals surface area contributed by atoms with Crippen LogP contribution in [0.5, 0.6) is 0 Å². The zero-order valence-corrected chi connectivity index (χ0v) is 12.3. The van der Waals surface area contributed by atoms with Crippen molar-refractivity contribution in [1.82, 2.24) is 9.62 Å². The largest absolute Gasteiger partial charge is 0.465 e. The molecule has 0 atom stereocenters. The zero-order valence-electron chi connectivity index (χ0n) is 11.5. The molecule has 2 heterocycles. The lowest BCUT2D eigenvalue weighted by Gasteiger charge is -2.30.